The summed E-state index contributed by atoms with van der Waals surface area (Å²) in [5.41, 5.74) is 0.439. The number of amides is 1. The molecule has 0 bridgehead atoms. The lowest BCUT2D eigenvalue weighted by atomic mass is 9.88. The Labute approximate surface area is 105 Å². The number of anilines is 1. The summed E-state index contributed by atoms with van der Waals surface area (Å²) < 4.78 is 0. The van der Waals surface area contributed by atoms with E-state index < -0.39 is 5.97 Å². The Morgan fingerprint density at radius 1 is 1.28 bits per heavy atom. The summed E-state index contributed by atoms with van der Waals surface area (Å²) in [5, 5.41) is 11.6. The molecule has 1 fully saturated rings. The van der Waals surface area contributed by atoms with Crippen molar-refractivity contribution in [2.24, 2.45) is 5.92 Å². The van der Waals surface area contributed by atoms with Crippen LogP contribution in [0.2, 0.25) is 0 Å². The van der Waals surface area contributed by atoms with E-state index in [0.717, 1.165) is 25.7 Å². The Kier molecular flexibility index (Phi) is 3.92. The van der Waals surface area contributed by atoms with Crippen molar-refractivity contribution in [3.63, 3.8) is 0 Å². The molecule has 2 N–H and O–H groups in total. The number of pyridine rings is 1. The fraction of sp³-hybridized carbons (Fsp3) is 0.462. The fourth-order valence-electron chi connectivity index (χ4n) is 2.23. The molecule has 5 heteroatoms. The maximum atomic E-state index is 12.0. The third kappa shape index (κ3) is 3.06. The van der Waals surface area contributed by atoms with Gasteiger partial charge >= 0.3 is 5.97 Å². The Hall–Kier alpha value is -1.91. The molecular weight excluding hydrogens is 232 g/mol. The molecular formula is C13H16N2O3. The summed E-state index contributed by atoms with van der Waals surface area (Å²) in [6.07, 6.45) is 6.61. The van der Waals surface area contributed by atoms with Crippen molar-refractivity contribution in [1.82, 2.24) is 4.98 Å². The van der Waals surface area contributed by atoms with E-state index in [9.17, 15) is 9.59 Å². The molecule has 1 heterocycles. The molecule has 1 aromatic heterocycles. The van der Waals surface area contributed by atoms with Crippen molar-refractivity contribution in [3.05, 3.63) is 24.0 Å². The zero-order chi connectivity index (χ0) is 13.0. The second kappa shape index (κ2) is 5.62. The van der Waals surface area contributed by atoms with E-state index in [1.807, 2.05) is 0 Å². The van der Waals surface area contributed by atoms with Crippen LogP contribution in [0.25, 0.3) is 0 Å². The standard InChI is InChI=1S/C13H16N2O3/c16-12(9-4-2-1-3-5-9)15-10-6-7-14-11(8-10)13(17)18/h6-9H,1-5H2,(H,17,18)(H,14,15,16). The first-order valence-electron chi connectivity index (χ1n) is 6.17. The summed E-state index contributed by atoms with van der Waals surface area (Å²) in [6.45, 7) is 0. The van der Waals surface area contributed by atoms with Crippen molar-refractivity contribution < 1.29 is 14.7 Å². The van der Waals surface area contributed by atoms with Gasteiger partial charge in [0.2, 0.25) is 5.91 Å². The number of hydrogen-bond acceptors (Lipinski definition) is 3. The summed E-state index contributed by atoms with van der Waals surface area (Å²) in [5.74, 6) is -1.05. The van der Waals surface area contributed by atoms with Crippen LogP contribution in [0.4, 0.5) is 5.69 Å². The molecule has 2 rings (SSSR count). The molecule has 0 radical (unpaired) electrons. The number of aromatic carboxylic acids is 1. The van der Waals surface area contributed by atoms with Gasteiger partial charge < -0.3 is 10.4 Å². The van der Waals surface area contributed by atoms with E-state index in [4.69, 9.17) is 5.11 Å². The van der Waals surface area contributed by atoms with Gasteiger partial charge in [-0.15, -0.1) is 0 Å². The molecule has 0 atom stereocenters. The molecule has 1 amide bonds. The minimum Gasteiger partial charge on any atom is -0.477 e. The smallest absolute Gasteiger partial charge is 0.354 e. The minimum absolute atomic E-state index is 0.0164. The normalized spacial score (nSPS) is 16.2. The molecule has 0 aromatic carbocycles. The summed E-state index contributed by atoms with van der Waals surface area (Å²) in [6, 6.07) is 2.98. The minimum atomic E-state index is -1.09. The van der Waals surface area contributed by atoms with Gasteiger partial charge in [-0.1, -0.05) is 19.3 Å². The second-order valence-corrected chi connectivity index (χ2v) is 4.56. The van der Waals surface area contributed by atoms with Gasteiger partial charge in [0.15, 0.2) is 0 Å². The Morgan fingerprint density at radius 2 is 2.00 bits per heavy atom. The van der Waals surface area contributed by atoms with Gasteiger partial charge in [-0.3, -0.25) is 4.79 Å². The largest absolute Gasteiger partial charge is 0.477 e. The van der Waals surface area contributed by atoms with Crippen LogP contribution in [0.5, 0.6) is 0 Å². The highest BCUT2D eigenvalue weighted by Crippen LogP contribution is 2.24. The molecule has 0 spiro atoms. The lowest BCUT2D eigenvalue weighted by Gasteiger charge is -2.20. The highest BCUT2D eigenvalue weighted by atomic mass is 16.4. The van der Waals surface area contributed by atoms with E-state index in [1.165, 1.54) is 18.7 Å². The topological polar surface area (TPSA) is 79.3 Å². The number of nitrogens with one attached hydrogen (secondary N) is 1. The van der Waals surface area contributed by atoms with E-state index in [2.05, 4.69) is 10.3 Å². The Morgan fingerprint density at radius 3 is 2.67 bits per heavy atom. The van der Waals surface area contributed by atoms with Gasteiger partial charge in [-0.05, 0) is 25.0 Å². The van der Waals surface area contributed by atoms with Gasteiger partial charge in [-0.2, -0.15) is 0 Å². The highest BCUT2D eigenvalue weighted by Gasteiger charge is 2.21. The first kappa shape index (κ1) is 12.5. The zero-order valence-electron chi connectivity index (χ0n) is 10.1. The second-order valence-electron chi connectivity index (χ2n) is 4.56. The van der Waals surface area contributed by atoms with Crippen LogP contribution < -0.4 is 5.32 Å². The van der Waals surface area contributed by atoms with Crippen molar-refractivity contribution >= 4 is 17.6 Å². The van der Waals surface area contributed by atoms with E-state index in [1.54, 1.807) is 6.07 Å². The molecule has 5 nitrogen and oxygen atoms in total. The number of rotatable bonds is 3. The first-order chi connectivity index (χ1) is 8.66. The SMILES string of the molecule is O=C(O)c1cc(NC(=O)C2CCCCC2)ccn1. The van der Waals surface area contributed by atoms with Crippen LogP contribution >= 0.6 is 0 Å². The van der Waals surface area contributed by atoms with Gasteiger partial charge in [0.05, 0.1) is 0 Å². The maximum absolute atomic E-state index is 12.0. The number of carbonyl (C=O) groups is 2. The predicted octanol–water partition coefficient (Wildman–Crippen LogP) is 2.30. The average molecular weight is 248 g/mol. The lowest BCUT2D eigenvalue weighted by molar-refractivity contribution is -0.120. The van der Waals surface area contributed by atoms with Crippen LogP contribution in [0.3, 0.4) is 0 Å². The van der Waals surface area contributed by atoms with Crippen LogP contribution in [0, 0.1) is 5.92 Å². The number of carboxylic acids is 1. The van der Waals surface area contributed by atoms with E-state index in [-0.39, 0.29) is 17.5 Å². The maximum Gasteiger partial charge on any atom is 0.354 e. The molecule has 0 unspecified atom stereocenters. The molecule has 0 aliphatic heterocycles. The molecule has 1 saturated carbocycles. The predicted molar refractivity (Wildman–Crippen MR) is 66.4 cm³/mol. The third-order valence-electron chi connectivity index (χ3n) is 3.22. The van der Waals surface area contributed by atoms with Crippen LogP contribution in [-0.4, -0.2) is 22.0 Å². The number of nitrogens with zero attached hydrogens (tertiary/aromatic N) is 1. The molecule has 0 saturated heterocycles. The number of hydrogen-bond donors (Lipinski definition) is 2. The fourth-order valence-corrected chi connectivity index (χ4v) is 2.23. The van der Waals surface area contributed by atoms with Gasteiger partial charge in [0.1, 0.15) is 5.69 Å². The van der Waals surface area contributed by atoms with E-state index in [0.29, 0.717) is 5.69 Å². The quantitative estimate of drug-likeness (QED) is 0.860. The zero-order valence-corrected chi connectivity index (χ0v) is 10.1. The average Bonchev–Trinajstić information content (AvgIpc) is 2.40. The van der Waals surface area contributed by atoms with Gasteiger partial charge in [-0.25, -0.2) is 9.78 Å². The van der Waals surface area contributed by atoms with Crippen LogP contribution in [0.1, 0.15) is 42.6 Å². The Balaban J connectivity index is 2.02. The molecule has 18 heavy (non-hydrogen) atoms. The Bertz CT molecular complexity index is 453. The summed E-state index contributed by atoms with van der Waals surface area (Å²) in [7, 11) is 0. The van der Waals surface area contributed by atoms with E-state index >= 15 is 0 Å². The van der Waals surface area contributed by atoms with Crippen molar-refractivity contribution in [1.29, 1.82) is 0 Å². The van der Waals surface area contributed by atoms with Crippen molar-refractivity contribution in [2.45, 2.75) is 32.1 Å². The molecule has 1 aliphatic carbocycles. The third-order valence-corrected chi connectivity index (χ3v) is 3.22. The van der Waals surface area contributed by atoms with Crippen molar-refractivity contribution in [3.8, 4) is 0 Å². The van der Waals surface area contributed by atoms with Crippen molar-refractivity contribution in [2.75, 3.05) is 5.32 Å². The van der Waals surface area contributed by atoms with Crippen LogP contribution in [-0.2, 0) is 4.79 Å². The molecule has 1 aromatic rings. The number of carbonyl (C=O) groups excluding carboxylic acids is 1. The highest BCUT2D eigenvalue weighted by molar-refractivity contribution is 5.94. The first-order valence-corrected chi connectivity index (χ1v) is 6.17. The molecule has 1 aliphatic rings. The molecule has 96 valence electrons. The van der Waals surface area contributed by atoms with Gasteiger partial charge in [0, 0.05) is 17.8 Å². The lowest BCUT2D eigenvalue weighted by Crippen LogP contribution is -2.24. The summed E-state index contributed by atoms with van der Waals surface area (Å²) >= 11 is 0. The monoisotopic (exact) mass is 248 g/mol. The summed E-state index contributed by atoms with van der Waals surface area (Å²) in [4.78, 5) is 26.4. The number of carboxylic acid groups (broad SMARTS) is 1. The van der Waals surface area contributed by atoms with Crippen LogP contribution in [0.15, 0.2) is 18.3 Å². The van der Waals surface area contributed by atoms with Gasteiger partial charge in [0.25, 0.3) is 0 Å². The number of aromatic nitrogens is 1.